The number of hydrogen-bond acceptors (Lipinski definition) is 4. The maximum absolute atomic E-state index is 11.0. The van der Waals surface area contributed by atoms with Gasteiger partial charge in [-0.15, -0.1) is 11.3 Å². The average Bonchev–Trinajstić information content (AvgIpc) is 2.53. The first-order valence-corrected chi connectivity index (χ1v) is 4.60. The minimum Gasteiger partial charge on any atom is -0.377 e. The lowest BCUT2D eigenvalue weighted by Crippen LogP contribution is -2.07. The van der Waals surface area contributed by atoms with E-state index in [1.807, 2.05) is 5.38 Å². The van der Waals surface area contributed by atoms with Gasteiger partial charge in [-0.2, -0.15) is 0 Å². The second kappa shape index (κ2) is 5.00. The third-order valence-electron chi connectivity index (χ3n) is 1.41. The fraction of sp³-hybridized carbons (Fsp3) is 0.500. The normalized spacial score (nSPS) is 10.1. The van der Waals surface area contributed by atoms with Gasteiger partial charge in [-0.3, -0.25) is 4.79 Å². The van der Waals surface area contributed by atoms with E-state index in [2.05, 4.69) is 4.98 Å². The average molecular weight is 185 g/mol. The smallest absolute Gasteiger partial charge is 0.158 e. The molecule has 1 aromatic heterocycles. The molecule has 0 saturated heterocycles. The van der Waals surface area contributed by atoms with Crippen molar-refractivity contribution in [3.05, 3.63) is 16.6 Å². The summed E-state index contributed by atoms with van der Waals surface area (Å²) in [6.45, 7) is 0.214. The zero-order valence-electron chi connectivity index (χ0n) is 6.95. The standard InChI is InChI=1S/C8H11NO2S/c1-11-6-7(10)2-3-8-9-4-5-12-8/h4-5H,2-3,6H2,1H3. The molecule has 0 amide bonds. The van der Waals surface area contributed by atoms with Crippen LogP contribution >= 0.6 is 11.3 Å². The van der Waals surface area contributed by atoms with Gasteiger partial charge in [0.2, 0.25) is 0 Å². The fourth-order valence-corrected chi connectivity index (χ4v) is 1.48. The van der Waals surface area contributed by atoms with Gasteiger partial charge in [0.25, 0.3) is 0 Å². The van der Waals surface area contributed by atoms with Crippen LogP contribution in [0.25, 0.3) is 0 Å². The fourth-order valence-electron chi connectivity index (χ4n) is 0.856. The predicted molar refractivity (Wildman–Crippen MR) is 47.3 cm³/mol. The summed E-state index contributed by atoms with van der Waals surface area (Å²) < 4.78 is 4.71. The summed E-state index contributed by atoms with van der Waals surface area (Å²) in [5.41, 5.74) is 0. The molecule has 0 bridgehead atoms. The monoisotopic (exact) mass is 185 g/mol. The number of methoxy groups -OCH3 is 1. The number of rotatable bonds is 5. The minimum absolute atomic E-state index is 0.132. The first-order chi connectivity index (χ1) is 5.83. The quantitative estimate of drug-likeness (QED) is 0.694. The number of aromatic nitrogens is 1. The molecule has 0 saturated carbocycles. The number of ketones is 1. The number of thiazole rings is 1. The third kappa shape index (κ3) is 3.11. The minimum atomic E-state index is 0.132. The highest BCUT2D eigenvalue weighted by molar-refractivity contribution is 7.09. The van der Waals surface area contributed by atoms with Crippen molar-refractivity contribution in [1.82, 2.24) is 4.98 Å². The van der Waals surface area contributed by atoms with Gasteiger partial charge in [0.05, 0.1) is 5.01 Å². The molecular formula is C8H11NO2S. The summed E-state index contributed by atoms with van der Waals surface area (Å²) in [5.74, 6) is 0.132. The van der Waals surface area contributed by atoms with E-state index in [-0.39, 0.29) is 12.4 Å². The van der Waals surface area contributed by atoms with Crippen molar-refractivity contribution in [3.63, 3.8) is 0 Å². The van der Waals surface area contributed by atoms with Crippen LogP contribution in [0.5, 0.6) is 0 Å². The third-order valence-corrected chi connectivity index (χ3v) is 2.25. The molecule has 0 atom stereocenters. The van der Waals surface area contributed by atoms with Gasteiger partial charge in [0.15, 0.2) is 5.78 Å². The summed E-state index contributed by atoms with van der Waals surface area (Å²) in [6, 6.07) is 0. The molecule has 0 N–H and O–H groups in total. The van der Waals surface area contributed by atoms with E-state index in [0.29, 0.717) is 6.42 Å². The zero-order chi connectivity index (χ0) is 8.81. The van der Waals surface area contributed by atoms with Crippen molar-refractivity contribution in [1.29, 1.82) is 0 Å². The van der Waals surface area contributed by atoms with Crippen molar-refractivity contribution >= 4 is 17.1 Å². The van der Waals surface area contributed by atoms with Crippen LogP contribution in [0.4, 0.5) is 0 Å². The molecule has 0 aliphatic carbocycles. The van der Waals surface area contributed by atoms with Crippen LogP contribution in [0.2, 0.25) is 0 Å². The largest absolute Gasteiger partial charge is 0.377 e. The highest BCUT2D eigenvalue weighted by atomic mass is 32.1. The topological polar surface area (TPSA) is 39.2 Å². The number of aryl methyl sites for hydroxylation is 1. The summed E-state index contributed by atoms with van der Waals surface area (Å²) in [7, 11) is 1.53. The van der Waals surface area contributed by atoms with Gasteiger partial charge in [-0.05, 0) is 0 Å². The highest BCUT2D eigenvalue weighted by Crippen LogP contribution is 2.06. The van der Waals surface area contributed by atoms with E-state index in [1.165, 1.54) is 7.11 Å². The SMILES string of the molecule is COCC(=O)CCc1nccs1. The number of nitrogens with zero attached hydrogens (tertiary/aromatic N) is 1. The summed E-state index contributed by atoms with van der Waals surface area (Å²) in [5, 5.41) is 2.93. The highest BCUT2D eigenvalue weighted by Gasteiger charge is 2.02. The van der Waals surface area contributed by atoms with Gasteiger partial charge in [0.1, 0.15) is 6.61 Å². The van der Waals surface area contributed by atoms with Gasteiger partial charge >= 0.3 is 0 Å². The Hall–Kier alpha value is -0.740. The van der Waals surface area contributed by atoms with E-state index in [1.54, 1.807) is 17.5 Å². The number of carbonyl (C=O) groups excluding carboxylic acids is 1. The molecule has 66 valence electrons. The number of Topliss-reactive ketones (excluding diaryl/α,β-unsaturated/α-hetero) is 1. The van der Waals surface area contributed by atoms with E-state index in [4.69, 9.17) is 4.74 Å². The Morgan fingerprint density at radius 3 is 3.17 bits per heavy atom. The molecule has 0 radical (unpaired) electrons. The predicted octanol–water partition coefficient (Wildman–Crippen LogP) is 1.29. The van der Waals surface area contributed by atoms with Gasteiger partial charge in [0, 0.05) is 31.5 Å². The van der Waals surface area contributed by atoms with Crippen LogP contribution in [0.15, 0.2) is 11.6 Å². The van der Waals surface area contributed by atoms with Crippen molar-refractivity contribution in [2.24, 2.45) is 0 Å². The van der Waals surface area contributed by atoms with Crippen LogP contribution in [0, 0.1) is 0 Å². The van der Waals surface area contributed by atoms with Crippen LogP contribution in [0.1, 0.15) is 11.4 Å². The molecule has 0 aliphatic heterocycles. The van der Waals surface area contributed by atoms with Gasteiger partial charge in [-0.1, -0.05) is 0 Å². The molecular weight excluding hydrogens is 174 g/mol. The Labute approximate surface area is 75.4 Å². The Morgan fingerprint density at radius 2 is 2.58 bits per heavy atom. The van der Waals surface area contributed by atoms with E-state index in [0.717, 1.165) is 11.4 Å². The molecule has 12 heavy (non-hydrogen) atoms. The lowest BCUT2D eigenvalue weighted by molar-refractivity contribution is -0.122. The number of carbonyl (C=O) groups is 1. The second-order valence-electron chi connectivity index (χ2n) is 2.40. The lowest BCUT2D eigenvalue weighted by Gasteiger charge is -1.96. The van der Waals surface area contributed by atoms with Crippen LogP contribution in [-0.2, 0) is 16.0 Å². The molecule has 3 nitrogen and oxygen atoms in total. The lowest BCUT2D eigenvalue weighted by atomic mass is 10.2. The van der Waals surface area contributed by atoms with Crippen LogP contribution < -0.4 is 0 Å². The summed E-state index contributed by atoms with van der Waals surface area (Å²) in [6.07, 6.45) is 3.02. The zero-order valence-corrected chi connectivity index (χ0v) is 7.76. The molecule has 1 aromatic rings. The second-order valence-corrected chi connectivity index (χ2v) is 3.38. The van der Waals surface area contributed by atoms with Crippen molar-refractivity contribution in [2.75, 3.05) is 13.7 Å². The molecule has 0 aromatic carbocycles. The van der Waals surface area contributed by atoms with Gasteiger partial charge < -0.3 is 4.74 Å². The number of hydrogen-bond donors (Lipinski definition) is 0. The molecule has 1 rings (SSSR count). The Morgan fingerprint density at radius 1 is 1.75 bits per heavy atom. The van der Waals surface area contributed by atoms with E-state index < -0.39 is 0 Å². The van der Waals surface area contributed by atoms with Gasteiger partial charge in [-0.25, -0.2) is 4.98 Å². The molecule has 0 spiro atoms. The maximum Gasteiger partial charge on any atom is 0.158 e. The first-order valence-electron chi connectivity index (χ1n) is 3.72. The van der Waals surface area contributed by atoms with Crippen LogP contribution in [-0.4, -0.2) is 24.5 Å². The number of ether oxygens (including phenoxy) is 1. The summed E-state index contributed by atoms with van der Waals surface area (Å²) >= 11 is 1.58. The Balaban J connectivity index is 2.22. The molecule has 4 heteroatoms. The molecule has 1 heterocycles. The van der Waals surface area contributed by atoms with Crippen LogP contribution in [0.3, 0.4) is 0 Å². The van der Waals surface area contributed by atoms with E-state index >= 15 is 0 Å². The molecule has 0 fully saturated rings. The molecule has 0 aliphatic rings. The van der Waals surface area contributed by atoms with Crippen molar-refractivity contribution < 1.29 is 9.53 Å². The van der Waals surface area contributed by atoms with Crippen molar-refractivity contribution in [3.8, 4) is 0 Å². The Kier molecular flexibility index (Phi) is 3.90. The molecule has 0 unspecified atom stereocenters. The summed E-state index contributed by atoms with van der Waals surface area (Å²) in [4.78, 5) is 15.1. The first kappa shape index (κ1) is 9.35. The van der Waals surface area contributed by atoms with Crippen molar-refractivity contribution in [2.45, 2.75) is 12.8 Å². The van der Waals surface area contributed by atoms with E-state index in [9.17, 15) is 4.79 Å². The Bertz CT molecular complexity index is 233. The maximum atomic E-state index is 11.0.